The van der Waals surface area contributed by atoms with Crippen LogP contribution in [0.2, 0.25) is 0 Å². The average molecular weight is 432 g/mol. The van der Waals surface area contributed by atoms with Crippen LogP contribution in [0.25, 0.3) is 5.57 Å². The highest BCUT2D eigenvalue weighted by Crippen LogP contribution is 2.30. The number of aryl methyl sites for hydroxylation is 5. The van der Waals surface area contributed by atoms with Gasteiger partial charge in [0.1, 0.15) is 0 Å². The molecule has 0 saturated carbocycles. The minimum Gasteiger partial charge on any atom is -0.317 e. The highest BCUT2D eigenvalue weighted by Gasteiger charge is 2.11. The first-order valence-electron chi connectivity index (χ1n) is 12.5. The molecule has 0 aromatic heterocycles. The second-order valence-corrected chi connectivity index (χ2v) is 9.34. The van der Waals surface area contributed by atoms with Crippen molar-refractivity contribution in [3.05, 3.63) is 87.0 Å². The SMILES string of the molecule is C=C(/C(C)=C(\C)CCc1cc(C)c(CC)cc1C)c1cccc(CCCCNCC)c1C. The molecule has 1 nitrogen and oxygen atoms in total. The van der Waals surface area contributed by atoms with Crippen LogP contribution in [-0.2, 0) is 19.3 Å². The highest BCUT2D eigenvalue weighted by atomic mass is 14.8. The summed E-state index contributed by atoms with van der Waals surface area (Å²) in [6.45, 7) is 22.4. The van der Waals surface area contributed by atoms with Gasteiger partial charge in [0.2, 0.25) is 0 Å². The predicted octanol–water partition coefficient (Wildman–Crippen LogP) is 8.09. The Morgan fingerprint density at radius 2 is 1.56 bits per heavy atom. The second kappa shape index (κ2) is 12.8. The smallest absolute Gasteiger partial charge is 0.00489 e. The Kier molecular flexibility index (Phi) is 10.5. The van der Waals surface area contributed by atoms with Crippen molar-refractivity contribution in [1.82, 2.24) is 5.32 Å². The van der Waals surface area contributed by atoms with Gasteiger partial charge in [-0.05, 0) is 136 Å². The van der Waals surface area contributed by atoms with Gasteiger partial charge >= 0.3 is 0 Å². The van der Waals surface area contributed by atoms with E-state index in [0.717, 1.165) is 38.8 Å². The highest BCUT2D eigenvalue weighted by molar-refractivity contribution is 5.79. The quantitative estimate of drug-likeness (QED) is 0.264. The lowest BCUT2D eigenvalue weighted by atomic mass is 9.88. The van der Waals surface area contributed by atoms with Crippen LogP contribution in [0.15, 0.2) is 48.1 Å². The molecule has 2 aromatic rings. The maximum Gasteiger partial charge on any atom is -0.00489 e. The van der Waals surface area contributed by atoms with Crippen LogP contribution < -0.4 is 5.32 Å². The molecule has 2 aromatic carbocycles. The molecule has 0 saturated heterocycles. The Bertz CT molecular complexity index is 945. The van der Waals surface area contributed by atoms with E-state index in [9.17, 15) is 0 Å². The molecule has 0 unspecified atom stereocenters. The van der Waals surface area contributed by atoms with Crippen LogP contribution in [-0.4, -0.2) is 13.1 Å². The van der Waals surface area contributed by atoms with Gasteiger partial charge in [-0.1, -0.05) is 56.3 Å². The normalized spacial score (nSPS) is 12.1. The van der Waals surface area contributed by atoms with Gasteiger partial charge in [-0.15, -0.1) is 0 Å². The lowest BCUT2D eigenvalue weighted by Gasteiger charge is -2.17. The standard InChI is InChI=1S/C31H45N/c1-9-28-20-24(5)30(21-23(28)4)18-17-22(3)25(6)26(7)31-16-13-15-29(27(31)8)14-11-12-19-32-10-2/h13,15-16,20-21,32H,7,9-12,14,17-19H2,1-6,8H3/b25-22+. The van der Waals surface area contributed by atoms with Gasteiger partial charge in [0.25, 0.3) is 0 Å². The molecular weight excluding hydrogens is 386 g/mol. The van der Waals surface area contributed by atoms with Crippen molar-refractivity contribution in [1.29, 1.82) is 0 Å². The fourth-order valence-electron chi connectivity index (χ4n) is 4.58. The molecule has 0 bridgehead atoms. The Hall–Kier alpha value is -2.12. The lowest BCUT2D eigenvalue weighted by molar-refractivity contribution is 0.640. The van der Waals surface area contributed by atoms with Crippen LogP contribution >= 0.6 is 0 Å². The van der Waals surface area contributed by atoms with Crippen molar-refractivity contribution in [3.63, 3.8) is 0 Å². The molecular formula is C31H45N. The molecule has 0 atom stereocenters. The van der Waals surface area contributed by atoms with E-state index < -0.39 is 0 Å². The molecule has 0 spiro atoms. The molecule has 2 rings (SSSR count). The summed E-state index contributed by atoms with van der Waals surface area (Å²) in [4.78, 5) is 0. The Labute approximate surface area is 198 Å². The minimum absolute atomic E-state index is 1.06. The van der Waals surface area contributed by atoms with Gasteiger partial charge < -0.3 is 5.32 Å². The number of benzene rings is 2. The average Bonchev–Trinajstić information content (AvgIpc) is 2.79. The fourth-order valence-corrected chi connectivity index (χ4v) is 4.58. The Balaban J connectivity index is 2.10. The number of hydrogen-bond acceptors (Lipinski definition) is 1. The van der Waals surface area contributed by atoms with E-state index >= 15 is 0 Å². The van der Waals surface area contributed by atoms with Crippen molar-refractivity contribution in [2.24, 2.45) is 0 Å². The minimum atomic E-state index is 1.06. The van der Waals surface area contributed by atoms with Gasteiger partial charge in [0.15, 0.2) is 0 Å². The Morgan fingerprint density at radius 3 is 2.25 bits per heavy atom. The summed E-state index contributed by atoms with van der Waals surface area (Å²) in [5.74, 6) is 0. The summed E-state index contributed by atoms with van der Waals surface area (Å²) < 4.78 is 0. The van der Waals surface area contributed by atoms with E-state index in [-0.39, 0.29) is 0 Å². The maximum atomic E-state index is 4.51. The summed E-state index contributed by atoms with van der Waals surface area (Å²) in [5.41, 5.74) is 14.0. The van der Waals surface area contributed by atoms with Crippen LogP contribution in [0.5, 0.6) is 0 Å². The number of allylic oxidation sites excluding steroid dienone is 3. The van der Waals surface area contributed by atoms with E-state index in [0.29, 0.717) is 0 Å². The van der Waals surface area contributed by atoms with Crippen LogP contribution in [0, 0.1) is 20.8 Å². The largest absolute Gasteiger partial charge is 0.317 e. The summed E-state index contributed by atoms with van der Waals surface area (Å²) >= 11 is 0. The van der Waals surface area contributed by atoms with E-state index in [1.165, 1.54) is 68.5 Å². The number of nitrogens with one attached hydrogen (secondary N) is 1. The van der Waals surface area contributed by atoms with E-state index in [2.05, 4.69) is 90.7 Å². The predicted molar refractivity (Wildman–Crippen MR) is 144 cm³/mol. The topological polar surface area (TPSA) is 12.0 Å². The summed E-state index contributed by atoms with van der Waals surface area (Å²) in [6, 6.07) is 11.5. The molecule has 1 N–H and O–H groups in total. The molecule has 0 aliphatic carbocycles. The maximum absolute atomic E-state index is 4.51. The van der Waals surface area contributed by atoms with Crippen molar-refractivity contribution in [2.75, 3.05) is 13.1 Å². The lowest BCUT2D eigenvalue weighted by Crippen LogP contribution is -2.14. The van der Waals surface area contributed by atoms with E-state index in [4.69, 9.17) is 0 Å². The third kappa shape index (κ3) is 6.94. The number of rotatable bonds is 12. The molecule has 174 valence electrons. The van der Waals surface area contributed by atoms with Crippen molar-refractivity contribution >= 4 is 5.57 Å². The van der Waals surface area contributed by atoms with Crippen LogP contribution in [0.4, 0.5) is 0 Å². The van der Waals surface area contributed by atoms with Gasteiger partial charge in [0.05, 0.1) is 0 Å². The fraction of sp³-hybridized carbons (Fsp3) is 0.484. The van der Waals surface area contributed by atoms with Crippen LogP contribution in [0.3, 0.4) is 0 Å². The molecule has 0 amide bonds. The molecule has 0 fully saturated rings. The third-order valence-corrected chi connectivity index (χ3v) is 7.11. The third-order valence-electron chi connectivity index (χ3n) is 7.11. The zero-order valence-corrected chi connectivity index (χ0v) is 21.8. The molecule has 0 aliphatic heterocycles. The monoisotopic (exact) mass is 431 g/mol. The van der Waals surface area contributed by atoms with Gasteiger partial charge in [-0.25, -0.2) is 0 Å². The van der Waals surface area contributed by atoms with E-state index in [1.54, 1.807) is 0 Å². The van der Waals surface area contributed by atoms with Crippen molar-refractivity contribution in [3.8, 4) is 0 Å². The van der Waals surface area contributed by atoms with Crippen molar-refractivity contribution in [2.45, 2.75) is 87.0 Å². The number of unbranched alkanes of at least 4 members (excludes halogenated alkanes) is 1. The summed E-state index contributed by atoms with van der Waals surface area (Å²) in [6.07, 6.45) is 6.89. The molecule has 0 heterocycles. The summed E-state index contributed by atoms with van der Waals surface area (Å²) in [5, 5.41) is 3.42. The van der Waals surface area contributed by atoms with Crippen molar-refractivity contribution < 1.29 is 0 Å². The molecule has 0 aliphatic rings. The molecule has 32 heavy (non-hydrogen) atoms. The number of hydrogen-bond donors (Lipinski definition) is 1. The van der Waals surface area contributed by atoms with Gasteiger partial charge in [-0.3, -0.25) is 0 Å². The Morgan fingerprint density at radius 1 is 0.875 bits per heavy atom. The zero-order chi connectivity index (χ0) is 23.7. The van der Waals surface area contributed by atoms with Gasteiger partial charge in [-0.2, -0.15) is 0 Å². The first-order valence-corrected chi connectivity index (χ1v) is 12.5. The zero-order valence-electron chi connectivity index (χ0n) is 21.8. The second-order valence-electron chi connectivity index (χ2n) is 9.34. The summed E-state index contributed by atoms with van der Waals surface area (Å²) in [7, 11) is 0. The first kappa shape index (κ1) is 26.1. The first-order chi connectivity index (χ1) is 15.3. The van der Waals surface area contributed by atoms with Gasteiger partial charge in [0, 0.05) is 0 Å². The van der Waals surface area contributed by atoms with Crippen LogP contribution in [0.1, 0.15) is 85.9 Å². The van der Waals surface area contributed by atoms with E-state index in [1.807, 2.05) is 0 Å². The molecule has 1 heteroatoms. The molecule has 0 radical (unpaired) electrons.